The Bertz CT molecular complexity index is 271. The highest BCUT2D eigenvalue weighted by Crippen LogP contribution is 2.13. The minimum absolute atomic E-state index is 0.163. The molecule has 2 N–H and O–H groups in total. The second-order valence-electron chi connectivity index (χ2n) is 3.08. The van der Waals surface area contributed by atoms with E-state index in [1.807, 2.05) is 18.4 Å². The van der Waals surface area contributed by atoms with E-state index in [1.54, 1.807) is 23.3 Å². The third-order valence-electron chi connectivity index (χ3n) is 2.09. The molecule has 0 radical (unpaired) electrons. The number of nitrogens with zero attached hydrogens (tertiary/aromatic N) is 1. The van der Waals surface area contributed by atoms with Crippen LogP contribution in [-0.2, 0) is 6.42 Å². The van der Waals surface area contributed by atoms with Gasteiger partial charge in [-0.05, 0) is 18.4 Å². The number of hydrogen-bond acceptors (Lipinski definition) is 2. The molecule has 0 aromatic carbocycles. The van der Waals surface area contributed by atoms with Crippen LogP contribution in [-0.4, -0.2) is 24.0 Å². The summed E-state index contributed by atoms with van der Waals surface area (Å²) in [7, 11) is 1.72. The van der Waals surface area contributed by atoms with Gasteiger partial charge in [0.25, 0.3) is 0 Å². The van der Waals surface area contributed by atoms with Crippen molar-refractivity contribution in [3.63, 3.8) is 0 Å². The maximum atomic E-state index is 10.8. The van der Waals surface area contributed by atoms with E-state index in [2.05, 4.69) is 6.07 Å². The van der Waals surface area contributed by atoms with Crippen LogP contribution in [0.15, 0.2) is 17.5 Å². The molecule has 0 bridgehead atoms. The normalized spacial score (nSPS) is 12.5. The van der Waals surface area contributed by atoms with Gasteiger partial charge in [-0.25, -0.2) is 4.79 Å². The number of carbonyl (C=O) groups excluding carboxylic acids is 1. The number of amides is 2. The summed E-state index contributed by atoms with van der Waals surface area (Å²) >= 11 is 1.70. The lowest BCUT2D eigenvalue weighted by Crippen LogP contribution is -2.39. The quantitative estimate of drug-likeness (QED) is 0.789. The summed E-state index contributed by atoms with van der Waals surface area (Å²) in [6.07, 6.45) is 0.872. The summed E-state index contributed by atoms with van der Waals surface area (Å²) in [5.41, 5.74) is 5.16. The second kappa shape index (κ2) is 4.28. The van der Waals surface area contributed by atoms with Gasteiger partial charge in [0.2, 0.25) is 0 Å². The van der Waals surface area contributed by atoms with Crippen LogP contribution in [0.4, 0.5) is 4.79 Å². The molecular formula is C9H14N2OS. The smallest absolute Gasteiger partial charge is 0.314 e. The lowest BCUT2D eigenvalue weighted by molar-refractivity contribution is 0.203. The van der Waals surface area contributed by atoms with Crippen molar-refractivity contribution in [1.29, 1.82) is 0 Å². The Balaban J connectivity index is 2.50. The van der Waals surface area contributed by atoms with Gasteiger partial charge >= 0.3 is 6.03 Å². The van der Waals surface area contributed by atoms with Crippen LogP contribution in [0.1, 0.15) is 11.8 Å². The SMILES string of the molecule is CC(Cc1cccs1)N(C)C(N)=O. The first-order chi connectivity index (χ1) is 6.11. The molecule has 3 nitrogen and oxygen atoms in total. The number of carbonyl (C=O) groups is 1. The van der Waals surface area contributed by atoms with E-state index in [-0.39, 0.29) is 12.1 Å². The Morgan fingerprint density at radius 1 is 1.77 bits per heavy atom. The predicted octanol–water partition coefficient (Wildman–Crippen LogP) is 1.69. The van der Waals surface area contributed by atoms with E-state index in [0.29, 0.717) is 0 Å². The van der Waals surface area contributed by atoms with Crippen LogP contribution in [0, 0.1) is 0 Å². The fourth-order valence-electron chi connectivity index (χ4n) is 1.07. The summed E-state index contributed by atoms with van der Waals surface area (Å²) in [5, 5.41) is 2.03. The van der Waals surface area contributed by atoms with Crippen molar-refractivity contribution in [3.05, 3.63) is 22.4 Å². The van der Waals surface area contributed by atoms with Gasteiger partial charge in [0.15, 0.2) is 0 Å². The summed E-state index contributed by atoms with van der Waals surface area (Å²) in [5.74, 6) is 0. The lowest BCUT2D eigenvalue weighted by atomic mass is 10.2. The molecule has 4 heteroatoms. The van der Waals surface area contributed by atoms with Crippen LogP contribution in [0.3, 0.4) is 0 Å². The molecule has 1 aromatic heterocycles. The molecule has 1 atom stereocenters. The van der Waals surface area contributed by atoms with Gasteiger partial charge in [0.05, 0.1) is 0 Å². The fourth-order valence-corrected chi connectivity index (χ4v) is 1.90. The Kier molecular flexibility index (Phi) is 3.31. The van der Waals surface area contributed by atoms with E-state index in [1.165, 1.54) is 4.88 Å². The number of thiophene rings is 1. The average Bonchev–Trinajstić information content (AvgIpc) is 2.55. The molecular weight excluding hydrogens is 184 g/mol. The first-order valence-electron chi connectivity index (χ1n) is 4.16. The van der Waals surface area contributed by atoms with Crippen molar-refractivity contribution < 1.29 is 4.79 Å². The van der Waals surface area contributed by atoms with Crippen molar-refractivity contribution in [2.75, 3.05) is 7.05 Å². The lowest BCUT2D eigenvalue weighted by Gasteiger charge is -2.22. The van der Waals surface area contributed by atoms with Gasteiger partial charge in [-0.3, -0.25) is 0 Å². The summed E-state index contributed by atoms with van der Waals surface area (Å²) in [4.78, 5) is 13.7. The Hall–Kier alpha value is -1.03. The Morgan fingerprint density at radius 2 is 2.46 bits per heavy atom. The Morgan fingerprint density at radius 3 is 2.92 bits per heavy atom. The van der Waals surface area contributed by atoms with Gasteiger partial charge in [0, 0.05) is 24.4 Å². The predicted molar refractivity (Wildman–Crippen MR) is 54.8 cm³/mol. The van der Waals surface area contributed by atoms with E-state index < -0.39 is 0 Å². The largest absolute Gasteiger partial charge is 0.351 e. The summed E-state index contributed by atoms with van der Waals surface area (Å²) < 4.78 is 0. The molecule has 1 unspecified atom stereocenters. The molecule has 0 aliphatic rings. The zero-order chi connectivity index (χ0) is 9.84. The van der Waals surface area contributed by atoms with Crippen molar-refractivity contribution in [2.24, 2.45) is 5.73 Å². The molecule has 13 heavy (non-hydrogen) atoms. The molecule has 0 fully saturated rings. The molecule has 72 valence electrons. The third kappa shape index (κ3) is 2.73. The van der Waals surface area contributed by atoms with Gasteiger partial charge in [0.1, 0.15) is 0 Å². The summed E-state index contributed by atoms with van der Waals surface area (Å²) in [6.45, 7) is 1.99. The third-order valence-corrected chi connectivity index (χ3v) is 2.98. The monoisotopic (exact) mass is 198 g/mol. The molecule has 0 saturated heterocycles. The van der Waals surface area contributed by atoms with Crippen molar-refractivity contribution in [3.8, 4) is 0 Å². The number of urea groups is 1. The number of primary amides is 1. The minimum atomic E-state index is -0.371. The zero-order valence-electron chi connectivity index (χ0n) is 7.86. The van der Waals surface area contributed by atoms with Crippen LogP contribution in [0.2, 0.25) is 0 Å². The van der Waals surface area contributed by atoms with Crippen LogP contribution in [0.5, 0.6) is 0 Å². The van der Waals surface area contributed by atoms with Crippen LogP contribution in [0.25, 0.3) is 0 Å². The van der Waals surface area contributed by atoms with Gasteiger partial charge in [-0.2, -0.15) is 0 Å². The maximum Gasteiger partial charge on any atom is 0.314 e. The Labute approximate surface area is 82.2 Å². The number of nitrogens with two attached hydrogens (primary N) is 1. The van der Waals surface area contributed by atoms with Crippen LogP contribution >= 0.6 is 11.3 Å². The molecule has 1 rings (SSSR count). The van der Waals surface area contributed by atoms with Crippen LogP contribution < -0.4 is 5.73 Å². The van der Waals surface area contributed by atoms with E-state index in [9.17, 15) is 4.79 Å². The van der Waals surface area contributed by atoms with Crippen molar-refractivity contribution in [1.82, 2.24) is 4.90 Å². The van der Waals surface area contributed by atoms with Gasteiger partial charge < -0.3 is 10.6 Å². The maximum absolute atomic E-state index is 10.8. The highest BCUT2D eigenvalue weighted by atomic mass is 32.1. The molecule has 0 aliphatic heterocycles. The molecule has 0 spiro atoms. The molecule has 1 heterocycles. The van der Waals surface area contributed by atoms with E-state index in [4.69, 9.17) is 5.73 Å². The minimum Gasteiger partial charge on any atom is -0.351 e. The first kappa shape index (κ1) is 10.1. The highest BCUT2D eigenvalue weighted by Gasteiger charge is 2.12. The van der Waals surface area contributed by atoms with Crippen molar-refractivity contribution >= 4 is 17.4 Å². The second-order valence-corrected chi connectivity index (χ2v) is 4.11. The van der Waals surface area contributed by atoms with E-state index >= 15 is 0 Å². The number of rotatable bonds is 3. The van der Waals surface area contributed by atoms with Crippen molar-refractivity contribution in [2.45, 2.75) is 19.4 Å². The van der Waals surface area contributed by atoms with E-state index in [0.717, 1.165) is 6.42 Å². The zero-order valence-corrected chi connectivity index (χ0v) is 8.67. The number of hydrogen-bond donors (Lipinski definition) is 1. The van der Waals surface area contributed by atoms with Gasteiger partial charge in [-0.15, -0.1) is 11.3 Å². The standard InChI is InChI=1S/C9H14N2OS/c1-7(11(2)9(10)12)6-8-4-3-5-13-8/h3-5,7H,6H2,1-2H3,(H2,10,12). The topological polar surface area (TPSA) is 46.3 Å². The highest BCUT2D eigenvalue weighted by molar-refractivity contribution is 7.09. The molecule has 0 aliphatic carbocycles. The molecule has 0 saturated carbocycles. The molecule has 2 amide bonds. The number of likely N-dealkylation sites (N-methyl/N-ethyl adjacent to an activating group) is 1. The van der Waals surface area contributed by atoms with Gasteiger partial charge in [-0.1, -0.05) is 6.07 Å². The first-order valence-corrected chi connectivity index (χ1v) is 5.04. The molecule has 1 aromatic rings. The fraction of sp³-hybridized carbons (Fsp3) is 0.444. The summed E-state index contributed by atoms with van der Waals surface area (Å²) in [6, 6.07) is 3.87. The average molecular weight is 198 g/mol.